The summed E-state index contributed by atoms with van der Waals surface area (Å²) >= 11 is 1.58. The van der Waals surface area contributed by atoms with E-state index < -0.39 is 0 Å². The molecule has 1 N–H and O–H groups in total. The van der Waals surface area contributed by atoms with Gasteiger partial charge in [0, 0.05) is 37.2 Å². The first-order chi connectivity index (χ1) is 13.1. The summed E-state index contributed by atoms with van der Waals surface area (Å²) in [6.45, 7) is 3.22. The van der Waals surface area contributed by atoms with E-state index in [1.54, 1.807) is 24.2 Å². The highest BCUT2D eigenvalue weighted by atomic mass is 32.2. The molecule has 0 saturated carbocycles. The molecule has 3 heterocycles. The molecule has 142 valence electrons. The summed E-state index contributed by atoms with van der Waals surface area (Å²) in [5.41, 5.74) is 2.04. The molecule has 2 amide bonds. The zero-order valence-electron chi connectivity index (χ0n) is 15.4. The van der Waals surface area contributed by atoms with Gasteiger partial charge in [-0.25, -0.2) is 4.98 Å². The van der Waals surface area contributed by atoms with E-state index in [9.17, 15) is 9.59 Å². The van der Waals surface area contributed by atoms with Gasteiger partial charge in [0.2, 0.25) is 11.8 Å². The predicted molar refractivity (Wildman–Crippen MR) is 107 cm³/mol. The minimum atomic E-state index is -0.0717. The Labute approximate surface area is 163 Å². The third kappa shape index (κ3) is 5.79. The van der Waals surface area contributed by atoms with Crippen LogP contribution >= 0.6 is 11.8 Å². The van der Waals surface area contributed by atoms with Crippen molar-refractivity contribution >= 4 is 29.4 Å². The van der Waals surface area contributed by atoms with E-state index in [1.807, 2.05) is 42.2 Å². The fraction of sp³-hybridized carbons (Fsp3) is 0.400. The van der Waals surface area contributed by atoms with E-state index in [-0.39, 0.29) is 17.7 Å². The molecule has 3 rings (SSSR count). The summed E-state index contributed by atoms with van der Waals surface area (Å²) in [7, 11) is 0. The number of nitrogens with zero attached hydrogens (tertiary/aromatic N) is 3. The van der Waals surface area contributed by atoms with Gasteiger partial charge in [0.25, 0.3) is 0 Å². The highest BCUT2D eigenvalue weighted by Crippen LogP contribution is 2.20. The number of amides is 2. The topological polar surface area (TPSA) is 75.2 Å². The maximum absolute atomic E-state index is 12.4. The Morgan fingerprint density at radius 2 is 2.00 bits per heavy atom. The molecule has 0 bridgehead atoms. The summed E-state index contributed by atoms with van der Waals surface area (Å²) in [6.07, 6.45) is 4.83. The van der Waals surface area contributed by atoms with Crippen molar-refractivity contribution in [3.8, 4) is 0 Å². The molecule has 1 saturated heterocycles. The number of piperidine rings is 1. The van der Waals surface area contributed by atoms with Gasteiger partial charge in [0.05, 0.1) is 11.4 Å². The Hall–Kier alpha value is -2.41. The van der Waals surface area contributed by atoms with E-state index in [4.69, 9.17) is 0 Å². The van der Waals surface area contributed by atoms with Gasteiger partial charge in [-0.1, -0.05) is 6.07 Å². The number of likely N-dealkylation sites (tertiary alicyclic amines) is 1. The second kappa shape index (κ2) is 9.50. The first-order valence-corrected chi connectivity index (χ1v) is 10.3. The van der Waals surface area contributed by atoms with Crippen LogP contribution in [0.4, 0.5) is 5.82 Å². The molecule has 6 nitrogen and oxygen atoms in total. The van der Waals surface area contributed by atoms with Crippen LogP contribution in [-0.4, -0.2) is 45.5 Å². The summed E-state index contributed by atoms with van der Waals surface area (Å²) in [5, 5.41) is 2.88. The second-order valence-electron chi connectivity index (χ2n) is 6.68. The number of hydrogen-bond acceptors (Lipinski definition) is 5. The number of thioether (sulfide) groups is 1. The van der Waals surface area contributed by atoms with Crippen LogP contribution in [0, 0.1) is 12.8 Å². The number of pyridine rings is 2. The number of hydrogen-bond donors (Lipinski definition) is 1. The Morgan fingerprint density at radius 1 is 1.19 bits per heavy atom. The Kier molecular flexibility index (Phi) is 6.81. The summed E-state index contributed by atoms with van der Waals surface area (Å²) < 4.78 is 0. The molecule has 1 aliphatic heterocycles. The number of carbonyl (C=O) groups is 2. The molecule has 0 radical (unpaired) electrons. The fourth-order valence-electron chi connectivity index (χ4n) is 3.04. The van der Waals surface area contributed by atoms with Gasteiger partial charge in [0.1, 0.15) is 5.82 Å². The van der Waals surface area contributed by atoms with Crippen molar-refractivity contribution in [1.29, 1.82) is 0 Å². The molecule has 2 aromatic rings. The van der Waals surface area contributed by atoms with Crippen molar-refractivity contribution in [1.82, 2.24) is 14.9 Å². The van der Waals surface area contributed by atoms with Crippen molar-refractivity contribution in [3.63, 3.8) is 0 Å². The largest absolute Gasteiger partial charge is 0.342 e. The number of nitrogens with one attached hydrogen (secondary N) is 1. The highest BCUT2D eigenvalue weighted by molar-refractivity contribution is 7.99. The molecule has 0 aliphatic carbocycles. The van der Waals surface area contributed by atoms with Crippen LogP contribution in [0.15, 0.2) is 42.7 Å². The number of carbonyl (C=O) groups excluding carboxylic acids is 2. The summed E-state index contributed by atoms with van der Waals surface area (Å²) in [5.74, 6) is 1.82. The number of aryl methyl sites for hydroxylation is 1. The third-order valence-corrected chi connectivity index (χ3v) is 5.54. The molecule has 2 aromatic heterocycles. The van der Waals surface area contributed by atoms with Crippen LogP contribution in [0.2, 0.25) is 0 Å². The number of aromatic nitrogens is 2. The predicted octanol–water partition coefficient (Wildman–Crippen LogP) is 2.90. The average Bonchev–Trinajstić information content (AvgIpc) is 2.69. The maximum Gasteiger partial charge on any atom is 0.232 e. The molecule has 0 aromatic carbocycles. The lowest BCUT2D eigenvalue weighted by Gasteiger charge is -2.31. The molecule has 1 fully saturated rings. The quantitative estimate of drug-likeness (QED) is 0.829. The van der Waals surface area contributed by atoms with Crippen LogP contribution in [0.25, 0.3) is 0 Å². The molecule has 0 unspecified atom stereocenters. The molecule has 0 atom stereocenters. The van der Waals surface area contributed by atoms with Gasteiger partial charge < -0.3 is 10.2 Å². The Morgan fingerprint density at radius 3 is 2.70 bits per heavy atom. The zero-order valence-corrected chi connectivity index (χ0v) is 16.2. The second-order valence-corrected chi connectivity index (χ2v) is 7.66. The molecule has 27 heavy (non-hydrogen) atoms. The zero-order chi connectivity index (χ0) is 19.1. The van der Waals surface area contributed by atoms with Crippen molar-refractivity contribution in [2.75, 3.05) is 24.2 Å². The Bertz CT molecular complexity index is 777. The molecule has 1 aliphatic rings. The summed E-state index contributed by atoms with van der Waals surface area (Å²) in [4.78, 5) is 35.1. The normalized spacial score (nSPS) is 14.8. The van der Waals surface area contributed by atoms with Crippen LogP contribution in [-0.2, 0) is 15.3 Å². The van der Waals surface area contributed by atoms with Gasteiger partial charge in [-0.15, -0.1) is 11.8 Å². The molecular weight excluding hydrogens is 360 g/mol. The van der Waals surface area contributed by atoms with E-state index in [2.05, 4.69) is 15.3 Å². The lowest BCUT2D eigenvalue weighted by molar-refractivity contribution is -0.132. The first kappa shape index (κ1) is 19.4. The van der Waals surface area contributed by atoms with Gasteiger partial charge in [-0.2, -0.15) is 0 Å². The molecule has 0 spiro atoms. The van der Waals surface area contributed by atoms with Crippen molar-refractivity contribution in [2.45, 2.75) is 25.5 Å². The van der Waals surface area contributed by atoms with Gasteiger partial charge in [-0.3, -0.25) is 14.6 Å². The lowest BCUT2D eigenvalue weighted by atomic mass is 9.96. The highest BCUT2D eigenvalue weighted by Gasteiger charge is 2.27. The van der Waals surface area contributed by atoms with Crippen LogP contribution < -0.4 is 5.32 Å². The number of rotatable bonds is 6. The van der Waals surface area contributed by atoms with Crippen LogP contribution in [0.1, 0.15) is 24.1 Å². The van der Waals surface area contributed by atoms with Crippen molar-refractivity contribution < 1.29 is 9.59 Å². The van der Waals surface area contributed by atoms with Crippen molar-refractivity contribution in [2.24, 2.45) is 5.92 Å². The van der Waals surface area contributed by atoms with E-state index in [0.717, 1.165) is 17.0 Å². The smallest absolute Gasteiger partial charge is 0.232 e. The summed E-state index contributed by atoms with van der Waals surface area (Å²) in [6, 6.07) is 9.55. The number of anilines is 1. The monoisotopic (exact) mass is 384 g/mol. The average molecular weight is 385 g/mol. The first-order valence-electron chi connectivity index (χ1n) is 9.11. The fourth-order valence-corrected chi connectivity index (χ4v) is 3.88. The lowest BCUT2D eigenvalue weighted by Crippen LogP contribution is -2.42. The minimum absolute atomic E-state index is 0.00951. The van der Waals surface area contributed by atoms with E-state index in [1.165, 1.54) is 0 Å². The van der Waals surface area contributed by atoms with E-state index >= 15 is 0 Å². The molecular formula is C20H24N4O2S. The van der Waals surface area contributed by atoms with Gasteiger partial charge in [-0.05, 0) is 49.6 Å². The van der Waals surface area contributed by atoms with Crippen LogP contribution in [0.3, 0.4) is 0 Å². The minimum Gasteiger partial charge on any atom is -0.342 e. The van der Waals surface area contributed by atoms with E-state index in [0.29, 0.717) is 37.5 Å². The van der Waals surface area contributed by atoms with Crippen LogP contribution in [0.5, 0.6) is 0 Å². The van der Waals surface area contributed by atoms with Crippen molar-refractivity contribution in [3.05, 3.63) is 54.0 Å². The Balaban J connectivity index is 1.40. The SMILES string of the molecule is Cc1ccnc(NC(=O)C2CCN(C(=O)CSCc3ccccn3)CC2)c1. The third-order valence-electron chi connectivity index (χ3n) is 4.59. The van der Waals surface area contributed by atoms with Gasteiger partial charge in [0.15, 0.2) is 0 Å². The van der Waals surface area contributed by atoms with Gasteiger partial charge >= 0.3 is 0 Å². The molecule has 7 heteroatoms. The standard InChI is InChI=1S/C20H24N4O2S/c1-15-5-9-22-18(12-15)23-20(26)16-6-10-24(11-7-16)19(25)14-27-13-17-4-2-3-8-21-17/h2-5,8-9,12,16H,6-7,10-11,13-14H2,1H3,(H,22,23,26). The maximum atomic E-state index is 12.4.